The Labute approximate surface area is 188 Å². The van der Waals surface area contributed by atoms with E-state index in [9.17, 15) is 18.4 Å². The molecule has 0 aromatic heterocycles. The van der Waals surface area contributed by atoms with E-state index in [0.29, 0.717) is 5.75 Å². The third-order valence-electron chi connectivity index (χ3n) is 4.80. The summed E-state index contributed by atoms with van der Waals surface area (Å²) in [6, 6.07) is 17.5. The van der Waals surface area contributed by atoms with Gasteiger partial charge in [0, 0.05) is 11.6 Å². The molecular formula is C25H18F2O6. The predicted octanol–water partition coefficient (Wildman–Crippen LogP) is 5.06. The quantitative estimate of drug-likeness (QED) is 0.284. The minimum atomic E-state index is -3.00. The standard InChI is InChI=1S/C25H18F2O6/c1-30-17-8-6-15(7-9-17)12-23(28)31-18-10-11-19-21(14-18)32-22(24(19)29)13-16-4-2-3-5-20(16)33-25(26)27/h2-11,13-14,25H,12H2,1H3/b22-13-. The van der Waals surface area contributed by atoms with Crippen molar-refractivity contribution in [1.82, 2.24) is 0 Å². The summed E-state index contributed by atoms with van der Waals surface area (Å²) in [7, 11) is 1.56. The van der Waals surface area contributed by atoms with Crippen molar-refractivity contribution in [2.45, 2.75) is 13.0 Å². The molecular weight excluding hydrogens is 434 g/mol. The van der Waals surface area contributed by atoms with E-state index in [4.69, 9.17) is 14.2 Å². The van der Waals surface area contributed by atoms with Crippen molar-refractivity contribution < 1.29 is 37.3 Å². The Hall–Kier alpha value is -4.20. The van der Waals surface area contributed by atoms with Crippen molar-refractivity contribution in [2.75, 3.05) is 7.11 Å². The molecule has 8 heteroatoms. The van der Waals surface area contributed by atoms with E-state index < -0.39 is 18.4 Å². The van der Waals surface area contributed by atoms with Crippen molar-refractivity contribution in [1.29, 1.82) is 0 Å². The van der Waals surface area contributed by atoms with Crippen LogP contribution in [0.2, 0.25) is 0 Å². The van der Waals surface area contributed by atoms with Crippen LogP contribution in [0.4, 0.5) is 8.78 Å². The number of methoxy groups -OCH3 is 1. The summed E-state index contributed by atoms with van der Waals surface area (Å²) in [5.74, 6) is 0.0413. The van der Waals surface area contributed by atoms with Crippen LogP contribution in [0.1, 0.15) is 21.5 Å². The number of benzene rings is 3. The first-order valence-electron chi connectivity index (χ1n) is 9.88. The number of alkyl halides is 2. The molecule has 0 saturated carbocycles. The first kappa shape index (κ1) is 22.0. The van der Waals surface area contributed by atoms with Gasteiger partial charge in [-0.25, -0.2) is 0 Å². The lowest BCUT2D eigenvalue weighted by molar-refractivity contribution is -0.133. The highest BCUT2D eigenvalue weighted by atomic mass is 19.3. The monoisotopic (exact) mass is 452 g/mol. The van der Waals surface area contributed by atoms with Crippen LogP contribution in [0.15, 0.2) is 72.5 Å². The van der Waals surface area contributed by atoms with Gasteiger partial charge in [-0.15, -0.1) is 0 Å². The fraction of sp³-hybridized carbons (Fsp3) is 0.120. The molecule has 0 spiro atoms. The Balaban J connectivity index is 1.47. The van der Waals surface area contributed by atoms with Crippen LogP contribution < -0.4 is 18.9 Å². The van der Waals surface area contributed by atoms with Crippen molar-refractivity contribution in [2.24, 2.45) is 0 Å². The average Bonchev–Trinajstić information content (AvgIpc) is 3.09. The first-order valence-corrected chi connectivity index (χ1v) is 9.88. The van der Waals surface area contributed by atoms with Gasteiger partial charge in [-0.1, -0.05) is 30.3 Å². The number of hydrogen-bond donors (Lipinski definition) is 0. The van der Waals surface area contributed by atoms with Crippen LogP contribution in [-0.2, 0) is 11.2 Å². The van der Waals surface area contributed by atoms with E-state index >= 15 is 0 Å². The number of carbonyl (C=O) groups excluding carboxylic acids is 2. The maximum Gasteiger partial charge on any atom is 0.387 e. The van der Waals surface area contributed by atoms with Crippen LogP contribution in [0, 0.1) is 0 Å². The fourth-order valence-electron chi connectivity index (χ4n) is 3.25. The minimum Gasteiger partial charge on any atom is -0.497 e. The number of Topliss-reactive ketones (excluding diaryl/α,β-unsaturated/α-hetero) is 1. The molecule has 0 aliphatic carbocycles. The summed E-state index contributed by atoms with van der Waals surface area (Å²) >= 11 is 0. The summed E-state index contributed by atoms with van der Waals surface area (Å²) < 4.78 is 45.8. The van der Waals surface area contributed by atoms with Crippen LogP contribution in [0.5, 0.6) is 23.0 Å². The number of carbonyl (C=O) groups is 2. The van der Waals surface area contributed by atoms with Gasteiger partial charge in [0.1, 0.15) is 23.0 Å². The van der Waals surface area contributed by atoms with Gasteiger partial charge in [0.05, 0.1) is 19.1 Å². The molecule has 0 amide bonds. The molecule has 0 N–H and O–H groups in total. The molecule has 0 atom stereocenters. The van der Waals surface area contributed by atoms with Gasteiger partial charge in [-0.05, 0) is 42.0 Å². The topological polar surface area (TPSA) is 71.1 Å². The number of hydrogen-bond acceptors (Lipinski definition) is 6. The maximum absolute atomic E-state index is 12.7. The molecule has 0 unspecified atom stereocenters. The average molecular weight is 452 g/mol. The van der Waals surface area contributed by atoms with Gasteiger partial charge in [0.2, 0.25) is 5.78 Å². The van der Waals surface area contributed by atoms with E-state index in [0.717, 1.165) is 5.56 Å². The zero-order valence-electron chi connectivity index (χ0n) is 17.4. The van der Waals surface area contributed by atoms with Crippen molar-refractivity contribution in [3.05, 3.63) is 89.2 Å². The largest absolute Gasteiger partial charge is 0.497 e. The summed E-state index contributed by atoms with van der Waals surface area (Å²) in [6.45, 7) is -3.00. The molecule has 0 saturated heterocycles. The normalized spacial score (nSPS) is 13.6. The third-order valence-corrected chi connectivity index (χ3v) is 4.80. The van der Waals surface area contributed by atoms with Crippen LogP contribution >= 0.6 is 0 Å². The molecule has 4 rings (SSSR count). The van der Waals surface area contributed by atoms with Crippen LogP contribution in [-0.4, -0.2) is 25.5 Å². The second kappa shape index (κ2) is 9.52. The van der Waals surface area contributed by atoms with E-state index in [2.05, 4.69) is 4.74 Å². The van der Waals surface area contributed by atoms with Gasteiger partial charge in [-0.2, -0.15) is 8.78 Å². The van der Waals surface area contributed by atoms with E-state index in [1.807, 2.05) is 0 Å². The maximum atomic E-state index is 12.7. The van der Waals surface area contributed by atoms with Crippen LogP contribution in [0.25, 0.3) is 6.08 Å². The number of allylic oxidation sites excluding steroid dienone is 1. The first-order chi connectivity index (χ1) is 15.9. The smallest absolute Gasteiger partial charge is 0.387 e. The summed E-state index contributed by atoms with van der Waals surface area (Å²) in [4.78, 5) is 24.9. The minimum absolute atomic E-state index is 0.0486. The SMILES string of the molecule is COc1ccc(CC(=O)Oc2ccc3c(c2)O/C(=C\c2ccccc2OC(F)F)C3=O)cc1. The second-order valence-electron chi connectivity index (χ2n) is 7.01. The zero-order valence-corrected chi connectivity index (χ0v) is 17.4. The highest BCUT2D eigenvalue weighted by Gasteiger charge is 2.28. The molecule has 33 heavy (non-hydrogen) atoms. The van der Waals surface area contributed by atoms with Gasteiger partial charge in [-0.3, -0.25) is 9.59 Å². The van der Waals surface area contributed by atoms with Gasteiger partial charge in [0.15, 0.2) is 5.76 Å². The molecule has 1 aliphatic rings. The Bertz CT molecular complexity index is 1220. The lowest BCUT2D eigenvalue weighted by atomic mass is 10.1. The highest BCUT2D eigenvalue weighted by Crippen LogP contribution is 2.36. The molecule has 0 fully saturated rings. The second-order valence-corrected chi connectivity index (χ2v) is 7.01. The van der Waals surface area contributed by atoms with E-state index in [-0.39, 0.29) is 40.6 Å². The highest BCUT2D eigenvalue weighted by molar-refractivity contribution is 6.14. The number of para-hydroxylation sites is 1. The van der Waals surface area contributed by atoms with Crippen molar-refractivity contribution in [3.8, 4) is 23.0 Å². The van der Waals surface area contributed by atoms with Crippen molar-refractivity contribution >= 4 is 17.8 Å². The zero-order chi connectivity index (χ0) is 23.4. The molecule has 0 radical (unpaired) electrons. The van der Waals surface area contributed by atoms with Gasteiger partial charge in [0.25, 0.3) is 0 Å². The lowest BCUT2D eigenvalue weighted by Crippen LogP contribution is -2.11. The Morgan fingerprint density at radius 3 is 2.48 bits per heavy atom. The molecule has 1 heterocycles. The summed E-state index contributed by atoms with van der Waals surface area (Å²) in [5, 5.41) is 0. The number of ether oxygens (including phenoxy) is 4. The number of ketones is 1. The molecule has 3 aromatic rings. The fourth-order valence-corrected chi connectivity index (χ4v) is 3.25. The van der Waals surface area contributed by atoms with E-state index in [1.54, 1.807) is 43.5 Å². The predicted molar refractivity (Wildman–Crippen MR) is 115 cm³/mol. The Kier molecular flexibility index (Phi) is 6.35. The van der Waals surface area contributed by atoms with Crippen molar-refractivity contribution in [3.63, 3.8) is 0 Å². The molecule has 6 nitrogen and oxygen atoms in total. The Morgan fingerprint density at radius 2 is 1.76 bits per heavy atom. The summed E-state index contributed by atoms with van der Waals surface area (Å²) in [6.07, 6.45) is 1.38. The molecule has 0 bridgehead atoms. The number of fused-ring (bicyclic) bond motifs is 1. The molecule has 168 valence electrons. The summed E-state index contributed by atoms with van der Waals surface area (Å²) in [5.41, 5.74) is 1.28. The number of esters is 1. The van der Waals surface area contributed by atoms with Gasteiger partial charge < -0.3 is 18.9 Å². The van der Waals surface area contributed by atoms with Gasteiger partial charge >= 0.3 is 12.6 Å². The third kappa shape index (κ3) is 5.17. The lowest BCUT2D eigenvalue weighted by Gasteiger charge is -2.08. The molecule has 1 aliphatic heterocycles. The van der Waals surface area contributed by atoms with Crippen LogP contribution in [0.3, 0.4) is 0 Å². The number of rotatable bonds is 7. The molecule has 3 aromatic carbocycles. The Morgan fingerprint density at radius 1 is 1.03 bits per heavy atom. The van der Waals surface area contributed by atoms with E-state index in [1.165, 1.54) is 36.4 Å². The number of halogens is 2.